The Morgan fingerprint density at radius 3 is 2.49 bits per heavy atom. The van der Waals surface area contributed by atoms with Crippen LogP contribution >= 0.6 is 0 Å². The van der Waals surface area contributed by atoms with Gasteiger partial charge in [0.05, 0.1) is 10.6 Å². The minimum atomic E-state index is -4.20. The number of nitro benzene ring substituents is 1. The molecule has 4 aromatic rings. The first kappa shape index (κ1) is 29.4. The van der Waals surface area contributed by atoms with Gasteiger partial charge in [-0.15, -0.1) is 0 Å². The first-order valence-electron chi connectivity index (χ1n) is 12.8. The number of carbonyl (C=O) groups excluding carboxylic acids is 1. The molecule has 0 aliphatic rings. The molecule has 0 bridgehead atoms. The van der Waals surface area contributed by atoms with Crippen molar-refractivity contribution in [2.45, 2.75) is 39.1 Å². The normalized spacial score (nSPS) is 11.4. The predicted octanol–water partition coefficient (Wildman–Crippen LogP) is 4.45. The van der Waals surface area contributed by atoms with E-state index in [9.17, 15) is 23.3 Å². The van der Waals surface area contributed by atoms with E-state index in [1.807, 2.05) is 39.0 Å². The molecule has 2 N–H and O–H groups in total. The van der Waals surface area contributed by atoms with Crippen LogP contribution in [0.2, 0.25) is 0 Å². The molecule has 41 heavy (non-hydrogen) atoms. The number of aryl methyl sites for hydroxylation is 1. The van der Waals surface area contributed by atoms with Gasteiger partial charge in [-0.2, -0.15) is 9.78 Å². The van der Waals surface area contributed by atoms with Gasteiger partial charge < -0.3 is 10.1 Å². The smallest absolute Gasteiger partial charge is 0.272 e. The number of benzene rings is 2. The molecule has 0 saturated carbocycles. The summed E-state index contributed by atoms with van der Waals surface area (Å²) in [6, 6.07) is 14.2. The highest BCUT2D eigenvalue weighted by Crippen LogP contribution is 2.35. The zero-order valence-corrected chi connectivity index (χ0v) is 23.8. The van der Waals surface area contributed by atoms with E-state index < -0.39 is 31.4 Å². The summed E-state index contributed by atoms with van der Waals surface area (Å²) in [4.78, 5) is 27.6. The Hall–Kier alpha value is -4.62. The minimum absolute atomic E-state index is 0.00852. The van der Waals surface area contributed by atoms with E-state index in [0.29, 0.717) is 11.3 Å². The van der Waals surface area contributed by atoms with E-state index in [1.54, 1.807) is 37.5 Å². The second-order valence-electron chi connectivity index (χ2n) is 9.81. The summed E-state index contributed by atoms with van der Waals surface area (Å²) in [5, 5.41) is 18.8. The first-order chi connectivity index (χ1) is 19.5. The van der Waals surface area contributed by atoms with Crippen molar-refractivity contribution in [2.24, 2.45) is 5.92 Å². The molecule has 2 aromatic carbocycles. The highest BCUT2D eigenvalue weighted by Gasteiger charge is 2.28. The number of amides is 1. The van der Waals surface area contributed by atoms with E-state index in [4.69, 9.17) is 4.74 Å². The quantitative estimate of drug-likeness (QED) is 0.195. The number of hydrogen-bond donors (Lipinski definition) is 2. The number of carbonyl (C=O) groups is 1. The van der Waals surface area contributed by atoms with Crippen molar-refractivity contribution in [1.29, 1.82) is 0 Å². The van der Waals surface area contributed by atoms with Gasteiger partial charge in [-0.05, 0) is 49.6 Å². The van der Waals surface area contributed by atoms with Gasteiger partial charge in [0.1, 0.15) is 10.6 Å². The maximum atomic E-state index is 13.2. The fourth-order valence-electron chi connectivity index (χ4n) is 3.81. The number of pyridine rings is 1. The van der Waals surface area contributed by atoms with Gasteiger partial charge in [0, 0.05) is 43.2 Å². The van der Waals surface area contributed by atoms with Crippen LogP contribution in [0, 0.1) is 29.9 Å². The summed E-state index contributed by atoms with van der Waals surface area (Å²) in [6.07, 6.45) is 3.27. The van der Waals surface area contributed by atoms with E-state index in [2.05, 4.69) is 20.1 Å². The Balaban J connectivity index is 1.79. The van der Waals surface area contributed by atoms with Crippen molar-refractivity contribution in [2.75, 3.05) is 6.54 Å². The maximum absolute atomic E-state index is 13.2. The van der Waals surface area contributed by atoms with Gasteiger partial charge in [0.15, 0.2) is 5.69 Å². The highest BCUT2D eigenvalue weighted by molar-refractivity contribution is 7.89. The number of aromatic nitrogens is 3. The Bertz CT molecular complexity index is 1670. The number of non-ortho nitro benzene ring substituents is 1. The third-order valence-electron chi connectivity index (χ3n) is 6.05. The zero-order chi connectivity index (χ0) is 29.7. The van der Waals surface area contributed by atoms with Crippen LogP contribution < -0.4 is 14.8 Å². The van der Waals surface area contributed by atoms with Gasteiger partial charge in [-0.1, -0.05) is 37.6 Å². The van der Waals surface area contributed by atoms with Crippen LogP contribution in [0.3, 0.4) is 0 Å². The maximum Gasteiger partial charge on any atom is 0.272 e. The van der Waals surface area contributed by atoms with Crippen LogP contribution in [0.1, 0.15) is 41.0 Å². The Labute approximate surface area is 237 Å². The molecule has 0 radical (unpaired) electrons. The lowest BCUT2D eigenvalue weighted by Crippen LogP contribution is -2.28. The largest absolute Gasteiger partial charge is 0.437 e. The van der Waals surface area contributed by atoms with Crippen LogP contribution in [0.15, 0.2) is 71.9 Å². The molecule has 0 aliphatic heterocycles. The lowest BCUT2D eigenvalue weighted by molar-refractivity contribution is -0.385. The van der Waals surface area contributed by atoms with Crippen LogP contribution in [-0.4, -0.2) is 40.6 Å². The summed E-state index contributed by atoms with van der Waals surface area (Å²) in [6.45, 7) is 7.54. The van der Waals surface area contributed by atoms with Gasteiger partial charge in [-0.3, -0.25) is 19.9 Å². The lowest BCUT2D eigenvalue weighted by atomic mass is 10.2. The molecule has 12 nitrogen and oxygen atoms in total. The van der Waals surface area contributed by atoms with Crippen molar-refractivity contribution in [3.63, 3.8) is 0 Å². The van der Waals surface area contributed by atoms with Crippen LogP contribution in [0.5, 0.6) is 11.6 Å². The molecule has 2 heterocycles. The van der Waals surface area contributed by atoms with E-state index in [0.717, 1.165) is 23.3 Å². The molecule has 2 aromatic heterocycles. The molecule has 0 atom stereocenters. The van der Waals surface area contributed by atoms with Crippen molar-refractivity contribution in [1.82, 2.24) is 24.8 Å². The summed E-state index contributed by atoms with van der Waals surface area (Å²) in [7, 11) is -4.20. The van der Waals surface area contributed by atoms with E-state index >= 15 is 0 Å². The van der Waals surface area contributed by atoms with Gasteiger partial charge in [-0.25, -0.2) is 13.1 Å². The zero-order valence-electron chi connectivity index (χ0n) is 23.0. The number of rotatable bonds is 11. The number of nitrogens with one attached hydrogen (secondary N) is 2. The highest BCUT2D eigenvalue weighted by atomic mass is 32.2. The minimum Gasteiger partial charge on any atom is -0.437 e. The van der Waals surface area contributed by atoms with E-state index in [-0.39, 0.29) is 36.3 Å². The molecule has 214 valence electrons. The van der Waals surface area contributed by atoms with Gasteiger partial charge in [0.2, 0.25) is 15.9 Å². The number of nitrogens with zero attached hydrogens (tertiary/aromatic N) is 4. The van der Waals surface area contributed by atoms with Crippen molar-refractivity contribution in [3.05, 3.63) is 99.5 Å². The third kappa shape index (κ3) is 6.94. The first-order valence-corrected chi connectivity index (χ1v) is 14.2. The molecular formula is C28H30N6O6S. The van der Waals surface area contributed by atoms with Crippen molar-refractivity contribution >= 4 is 21.6 Å². The summed E-state index contributed by atoms with van der Waals surface area (Å²) in [5.74, 6) is -0.567. The average molecular weight is 579 g/mol. The summed E-state index contributed by atoms with van der Waals surface area (Å²) >= 11 is 0. The average Bonchev–Trinajstić information content (AvgIpc) is 3.27. The molecule has 13 heteroatoms. The Morgan fingerprint density at radius 1 is 1.12 bits per heavy atom. The third-order valence-corrected chi connectivity index (χ3v) is 7.50. The Morgan fingerprint density at radius 2 is 1.85 bits per heavy atom. The van der Waals surface area contributed by atoms with Crippen LogP contribution in [0.4, 0.5) is 5.69 Å². The fourth-order valence-corrected chi connectivity index (χ4v) is 5.17. The summed E-state index contributed by atoms with van der Waals surface area (Å²) < 4.78 is 36.5. The van der Waals surface area contributed by atoms with Crippen LogP contribution in [-0.2, 0) is 16.6 Å². The second kappa shape index (κ2) is 12.3. The lowest BCUT2D eigenvalue weighted by Gasteiger charge is -2.15. The molecule has 1 amide bonds. The number of ether oxygens (including phenoxy) is 1. The van der Waals surface area contributed by atoms with Crippen molar-refractivity contribution < 1.29 is 22.9 Å². The SMILES string of the molecule is Cc1ccc(-n2nc(C(=O)NCc3cccnc3)c(C)c2Oc2ccc([N+](=O)[O-])cc2S(=O)(=O)NCC(C)C)cc1. The Kier molecular flexibility index (Phi) is 8.79. The van der Waals surface area contributed by atoms with Crippen LogP contribution in [0.25, 0.3) is 5.69 Å². The molecule has 0 saturated heterocycles. The van der Waals surface area contributed by atoms with Gasteiger partial charge >= 0.3 is 0 Å². The second-order valence-corrected chi connectivity index (χ2v) is 11.5. The molecule has 0 aliphatic carbocycles. The number of hydrogen-bond acceptors (Lipinski definition) is 8. The topological polar surface area (TPSA) is 158 Å². The van der Waals surface area contributed by atoms with Gasteiger partial charge in [0.25, 0.3) is 11.6 Å². The standard InChI is InChI=1S/C28H30N6O6S/c1-18(2)15-31-41(38,39)25-14-23(34(36)37)11-12-24(25)40-28-20(4)26(27(35)30-17-21-6-5-13-29-16-21)32-33(28)22-9-7-19(3)8-10-22/h5-14,16,18,31H,15,17H2,1-4H3,(H,30,35). The molecule has 0 unspecified atom stereocenters. The molecular weight excluding hydrogens is 548 g/mol. The monoisotopic (exact) mass is 578 g/mol. The van der Waals surface area contributed by atoms with Crippen molar-refractivity contribution in [3.8, 4) is 17.3 Å². The molecule has 0 spiro atoms. The number of sulfonamides is 1. The summed E-state index contributed by atoms with van der Waals surface area (Å²) in [5.41, 5.74) is 2.34. The fraction of sp³-hybridized carbons (Fsp3) is 0.250. The van der Waals surface area contributed by atoms with E-state index in [1.165, 1.54) is 10.7 Å². The molecule has 4 rings (SSSR count). The predicted molar refractivity (Wildman–Crippen MR) is 152 cm³/mol. The number of nitro groups is 1. The molecule has 0 fully saturated rings.